The predicted octanol–water partition coefficient (Wildman–Crippen LogP) is 1.23. The van der Waals surface area contributed by atoms with Crippen LogP contribution in [0.25, 0.3) is 0 Å². The lowest BCUT2D eigenvalue weighted by Gasteiger charge is -2.03. The van der Waals surface area contributed by atoms with Crippen molar-refractivity contribution < 1.29 is 14.6 Å². The Morgan fingerprint density at radius 3 is 2.91 bits per heavy atom. The van der Waals surface area contributed by atoms with Gasteiger partial charge in [0, 0.05) is 4.90 Å². The maximum Gasteiger partial charge on any atom is 0.0674 e. The molecule has 0 aromatic heterocycles. The lowest BCUT2D eigenvalue weighted by atomic mass is 10.2. The minimum absolute atomic E-state index is 0.848. The Balaban J connectivity index is 2.56. The van der Waals surface area contributed by atoms with Crippen LogP contribution in [0.1, 0.15) is 5.56 Å². The van der Waals surface area contributed by atoms with E-state index in [-0.39, 0.29) is 0 Å². The first-order valence-electron chi connectivity index (χ1n) is 3.03. The predicted molar refractivity (Wildman–Crippen MR) is 39.2 cm³/mol. The van der Waals surface area contributed by atoms with Crippen molar-refractivity contribution >= 4 is 12.0 Å². The van der Waals surface area contributed by atoms with Crippen LogP contribution in [0.5, 0.6) is 0 Å². The summed E-state index contributed by atoms with van der Waals surface area (Å²) in [6, 6.07) is 7.56. The van der Waals surface area contributed by atoms with Crippen molar-refractivity contribution in [2.75, 3.05) is 0 Å². The van der Waals surface area contributed by atoms with Crippen molar-refractivity contribution in [2.24, 2.45) is 0 Å². The van der Waals surface area contributed by atoms with Gasteiger partial charge in [-0.05, 0) is 24.6 Å². The Labute approximate surface area is 69.0 Å². The van der Waals surface area contributed by atoms with Gasteiger partial charge in [0.1, 0.15) is 0 Å². The highest BCUT2D eigenvalue weighted by molar-refractivity contribution is 7.94. The molecule has 0 aliphatic carbocycles. The van der Waals surface area contributed by atoms with Crippen LogP contribution in [-0.4, -0.2) is 0 Å². The maximum absolute atomic E-state index is 9.45. The van der Waals surface area contributed by atoms with Crippen LogP contribution in [-0.2, 0) is 9.37 Å². The highest BCUT2D eigenvalue weighted by Crippen LogP contribution is 2.18. The zero-order valence-electron chi connectivity index (χ0n) is 5.94. The smallest absolute Gasteiger partial charge is 0.0674 e. The molecule has 0 aliphatic heterocycles. The first kappa shape index (κ1) is 8.55. The van der Waals surface area contributed by atoms with Crippen molar-refractivity contribution in [3.63, 3.8) is 0 Å². The summed E-state index contributed by atoms with van der Waals surface area (Å²) < 4.78 is 4.14. The molecule has 0 spiro atoms. The number of hydrogen-bond donors (Lipinski definition) is 0. The fraction of sp³-hybridized carbons (Fsp3) is 0.143. The van der Waals surface area contributed by atoms with Gasteiger partial charge in [0.15, 0.2) is 0 Å². The Hall–Kier alpha value is -0.550. The monoisotopic (exact) mass is 171 g/mol. The molecule has 0 saturated carbocycles. The number of hydrogen-bond acceptors (Lipinski definition) is 4. The lowest BCUT2D eigenvalue weighted by molar-refractivity contribution is -0.777. The van der Waals surface area contributed by atoms with E-state index in [1.165, 1.54) is 0 Å². The zero-order chi connectivity index (χ0) is 8.10. The molecule has 0 atom stereocenters. The van der Waals surface area contributed by atoms with Gasteiger partial charge in [-0.15, -0.1) is 0 Å². The summed E-state index contributed by atoms with van der Waals surface area (Å²) in [5, 5.41) is 12.6. The third-order valence-corrected chi connectivity index (χ3v) is 1.72. The molecule has 0 amide bonds. The van der Waals surface area contributed by atoms with E-state index in [1.54, 1.807) is 0 Å². The second-order valence-electron chi connectivity index (χ2n) is 2.04. The van der Waals surface area contributed by atoms with Gasteiger partial charge in [0.2, 0.25) is 0 Å². The number of rotatable bonds is 3. The summed E-state index contributed by atoms with van der Waals surface area (Å²) in [4.78, 5) is 0.848. The number of aryl methyl sites for hydroxylation is 1. The average molecular weight is 171 g/mol. The van der Waals surface area contributed by atoms with Gasteiger partial charge in [-0.2, -0.15) is 4.33 Å². The second kappa shape index (κ2) is 4.35. The second-order valence-corrected chi connectivity index (χ2v) is 2.81. The van der Waals surface area contributed by atoms with Crippen LogP contribution in [0.3, 0.4) is 0 Å². The zero-order valence-corrected chi connectivity index (χ0v) is 6.76. The Morgan fingerprint density at radius 2 is 2.27 bits per heavy atom. The normalized spacial score (nSPS) is 10.0. The van der Waals surface area contributed by atoms with Gasteiger partial charge in [-0.25, -0.2) is 0 Å². The largest absolute Gasteiger partial charge is 0.691 e. The molecule has 1 aromatic carbocycles. The van der Waals surface area contributed by atoms with Crippen LogP contribution in [0.2, 0.25) is 0 Å². The first-order chi connectivity index (χ1) is 5.33. The molecule has 0 N–H and O–H groups in total. The van der Waals surface area contributed by atoms with E-state index in [4.69, 9.17) is 0 Å². The fourth-order valence-corrected chi connectivity index (χ4v) is 1.19. The summed E-state index contributed by atoms with van der Waals surface area (Å²) in [5.74, 6) is 0. The highest BCUT2D eigenvalue weighted by atomic mass is 32.2. The lowest BCUT2D eigenvalue weighted by Crippen LogP contribution is -2.00. The third-order valence-electron chi connectivity index (χ3n) is 1.15. The quantitative estimate of drug-likeness (QED) is 0.389. The summed E-state index contributed by atoms with van der Waals surface area (Å²) in [5.41, 5.74) is 1.12. The molecule has 0 fully saturated rings. The van der Waals surface area contributed by atoms with E-state index in [1.807, 2.05) is 31.2 Å². The first-order valence-corrected chi connectivity index (χ1v) is 3.77. The topological polar surface area (TPSA) is 41.5 Å². The van der Waals surface area contributed by atoms with E-state index in [9.17, 15) is 5.26 Å². The van der Waals surface area contributed by atoms with Gasteiger partial charge in [0.05, 0.1) is 12.0 Å². The molecule has 60 valence electrons. The van der Waals surface area contributed by atoms with Crippen molar-refractivity contribution in [2.45, 2.75) is 11.8 Å². The summed E-state index contributed by atoms with van der Waals surface area (Å²) in [7, 11) is 0. The molecular formula is C7H7O3S-. The Bertz CT molecular complexity index is 227. The van der Waals surface area contributed by atoms with Crippen LogP contribution in [0.4, 0.5) is 0 Å². The average Bonchev–Trinajstić information content (AvgIpc) is 2.01. The van der Waals surface area contributed by atoms with Crippen molar-refractivity contribution in [1.29, 1.82) is 0 Å². The van der Waals surface area contributed by atoms with Crippen LogP contribution < -0.4 is 5.26 Å². The molecule has 0 unspecified atom stereocenters. The van der Waals surface area contributed by atoms with Gasteiger partial charge < -0.3 is 5.26 Å². The minimum atomic E-state index is 0.848. The van der Waals surface area contributed by atoms with Crippen LogP contribution in [0, 0.1) is 6.92 Å². The molecule has 3 nitrogen and oxygen atoms in total. The van der Waals surface area contributed by atoms with Gasteiger partial charge in [0.25, 0.3) is 0 Å². The molecule has 4 heteroatoms. The van der Waals surface area contributed by atoms with E-state index < -0.39 is 0 Å². The molecule has 0 aliphatic rings. The summed E-state index contributed by atoms with van der Waals surface area (Å²) in [6.45, 7) is 1.96. The molecule has 0 heterocycles. The van der Waals surface area contributed by atoms with Gasteiger partial charge >= 0.3 is 0 Å². The summed E-state index contributed by atoms with van der Waals surface area (Å²) in [6.07, 6.45) is 0. The van der Waals surface area contributed by atoms with E-state index in [0.717, 1.165) is 22.5 Å². The van der Waals surface area contributed by atoms with Crippen molar-refractivity contribution in [1.82, 2.24) is 0 Å². The minimum Gasteiger partial charge on any atom is -0.691 e. The van der Waals surface area contributed by atoms with E-state index >= 15 is 0 Å². The molecule has 1 aromatic rings. The Morgan fingerprint density at radius 1 is 1.45 bits per heavy atom. The Kier molecular flexibility index (Phi) is 3.38. The summed E-state index contributed by atoms with van der Waals surface area (Å²) >= 11 is 0.900. The molecule has 0 saturated heterocycles. The van der Waals surface area contributed by atoms with Crippen LogP contribution in [0.15, 0.2) is 29.2 Å². The van der Waals surface area contributed by atoms with E-state index in [0.29, 0.717) is 0 Å². The molecule has 11 heavy (non-hydrogen) atoms. The van der Waals surface area contributed by atoms with Gasteiger partial charge in [-0.3, -0.25) is 5.04 Å². The van der Waals surface area contributed by atoms with Gasteiger partial charge in [-0.1, -0.05) is 12.1 Å². The SMILES string of the molecule is Cc1cccc(SOO[O-])c1. The fourth-order valence-electron chi connectivity index (χ4n) is 0.720. The maximum atomic E-state index is 9.45. The van der Waals surface area contributed by atoms with E-state index in [2.05, 4.69) is 9.37 Å². The standard InChI is InChI=1S/C7H8O3S/c1-6-3-2-4-7(5-6)11-10-9-8/h2-5,8H,1H3/p-1. The molecule has 0 radical (unpaired) electrons. The number of benzene rings is 1. The van der Waals surface area contributed by atoms with Crippen molar-refractivity contribution in [3.05, 3.63) is 29.8 Å². The molecule has 0 bridgehead atoms. The molecular weight excluding hydrogens is 164 g/mol. The molecule has 1 rings (SSSR count). The van der Waals surface area contributed by atoms with Crippen LogP contribution >= 0.6 is 12.0 Å². The van der Waals surface area contributed by atoms with Crippen molar-refractivity contribution in [3.8, 4) is 0 Å². The third kappa shape index (κ3) is 2.90. The highest BCUT2D eigenvalue weighted by Gasteiger charge is 1.92.